The second-order valence-electron chi connectivity index (χ2n) is 3.66. The number of nitrogens with one attached hydrogen (secondary N) is 1. The first-order valence-corrected chi connectivity index (χ1v) is 6.52. The Labute approximate surface area is 104 Å². The highest BCUT2D eigenvalue weighted by molar-refractivity contribution is 7.99. The number of aryl methyl sites for hydroxylation is 1. The van der Waals surface area contributed by atoms with E-state index in [-0.39, 0.29) is 5.56 Å². The minimum absolute atomic E-state index is 0.129. The lowest BCUT2D eigenvalue weighted by atomic mass is 10.2. The average molecular weight is 252 g/mol. The molecule has 0 aliphatic heterocycles. The molecule has 92 valence electrons. The van der Waals surface area contributed by atoms with Crippen LogP contribution in [0.5, 0.6) is 0 Å². The second-order valence-corrected chi connectivity index (χ2v) is 4.75. The Bertz CT molecular complexity index is 452. The van der Waals surface area contributed by atoms with E-state index < -0.39 is 6.04 Å². The van der Waals surface area contributed by atoms with Gasteiger partial charge < -0.3 is 10.7 Å². The molecule has 1 heterocycles. The van der Waals surface area contributed by atoms with Crippen LogP contribution in [0.3, 0.4) is 0 Å². The zero-order valence-electron chi connectivity index (χ0n) is 9.77. The number of nitriles is 1. The van der Waals surface area contributed by atoms with Gasteiger partial charge in [0, 0.05) is 17.5 Å². The maximum absolute atomic E-state index is 11.4. The van der Waals surface area contributed by atoms with E-state index in [2.05, 4.69) is 9.97 Å². The summed E-state index contributed by atoms with van der Waals surface area (Å²) in [7, 11) is 0. The summed E-state index contributed by atoms with van der Waals surface area (Å²) in [5.74, 6) is 0.674. The molecule has 1 aromatic rings. The third kappa shape index (κ3) is 5.02. The summed E-state index contributed by atoms with van der Waals surface area (Å²) in [5.41, 5.74) is 6.16. The third-order valence-corrected chi connectivity index (χ3v) is 3.02. The van der Waals surface area contributed by atoms with Gasteiger partial charge in [0.25, 0.3) is 5.56 Å². The number of hydrogen-bond donors (Lipinski definition) is 2. The molecule has 0 radical (unpaired) electrons. The highest BCUT2D eigenvalue weighted by atomic mass is 32.2. The van der Waals surface area contributed by atoms with E-state index in [1.54, 1.807) is 0 Å². The zero-order chi connectivity index (χ0) is 12.7. The summed E-state index contributed by atoms with van der Waals surface area (Å²) in [6.45, 7) is 2.04. The van der Waals surface area contributed by atoms with Crippen molar-refractivity contribution in [3.63, 3.8) is 0 Å². The Morgan fingerprint density at radius 2 is 2.47 bits per heavy atom. The van der Waals surface area contributed by atoms with E-state index in [9.17, 15) is 4.79 Å². The first-order valence-electron chi connectivity index (χ1n) is 5.54. The quantitative estimate of drug-likeness (QED) is 0.583. The van der Waals surface area contributed by atoms with Crippen LogP contribution in [0.1, 0.15) is 25.5 Å². The van der Waals surface area contributed by atoms with Crippen molar-refractivity contribution in [2.24, 2.45) is 5.73 Å². The van der Waals surface area contributed by atoms with Crippen LogP contribution >= 0.6 is 11.8 Å². The summed E-state index contributed by atoms with van der Waals surface area (Å²) in [6.07, 6.45) is 2.35. The fourth-order valence-corrected chi connectivity index (χ4v) is 2.20. The monoisotopic (exact) mass is 252 g/mol. The molecule has 0 bridgehead atoms. The van der Waals surface area contributed by atoms with Crippen LogP contribution in [0.25, 0.3) is 0 Å². The number of nitrogens with two attached hydrogens (primary N) is 1. The molecule has 1 rings (SSSR count). The maximum atomic E-state index is 11.4. The van der Waals surface area contributed by atoms with Gasteiger partial charge >= 0.3 is 0 Å². The van der Waals surface area contributed by atoms with Crippen molar-refractivity contribution in [3.8, 4) is 6.07 Å². The van der Waals surface area contributed by atoms with Crippen LogP contribution in [0.4, 0.5) is 0 Å². The normalized spacial score (nSPS) is 12.1. The van der Waals surface area contributed by atoms with Gasteiger partial charge in [-0.25, -0.2) is 4.98 Å². The average Bonchev–Trinajstić information content (AvgIpc) is 2.28. The van der Waals surface area contributed by atoms with Gasteiger partial charge in [-0.15, -0.1) is 0 Å². The van der Waals surface area contributed by atoms with E-state index >= 15 is 0 Å². The topological polar surface area (TPSA) is 95.6 Å². The Balaban J connectivity index is 2.59. The Morgan fingerprint density at radius 1 is 1.71 bits per heavy atom. The molecule has 17 heavy (non-hydrogen) atoms. The van der Waals surface area contributed by atoms with Gasteiger partial charge in [0.1, 0.15) is 0 Å². The molecule has 6 heteroatoms. The smallest absolute Gasteiger partial charge is 0.251 e. The highest BCUT2D eigenvalue weighted by Gasteiger charge is 2.04. The third-order valence-electron chi connectivity index (χ3n) is 2.11. The predicted octanol–water partition coefficient (Wildman–Crippen LogP) is 1.06. The van der Waals surface area contributed by atoms with Crippen molar-refractivity contribution in [1.82, 2.24) is 9.97 Å². The second kappa shape index (κ2) is 7.09. The van der Waals surface area contributed by atoms with Crippen LogP contribution in [0.2, 0.25) is 0 Å². The van der Waals surface area contributed by atoms with E-state index in [1.807, 2.05) is 13.0 Å². The maximum Gasteiger partial charge on any atom is 0.251 e. The largest absolute Gasteiger partial charge is 0.316 e. The first-order chi connectivity index (χ1) is 8.15. The van der Waals surface area contributed by atoms with E-state index in [1.165, 1.54) is 17.8 Å². The molecule has 0 spiro atoms. The molecule has 1 atom stereocenters. The van der Waals surface area contributed by atoms with Crippen LogP contribution in [-0.4, -0.2) is 21.8 Å². The molecule has 3 N–H and O–H groups in total. The number of aromatic amines is 1. The lowest BCUT2D eigenvalue weighted by Crippen LogP contribution is -2.18. The molecule has 0 saturated heterocycles. The van der Waals surface area contributed by atoms with Gasteiger partial charge in [0.15, 0.2) is 5.16 Å². The lowest BCUT2D eigenvalue weighted by Gasteiger charge is -2.04. The Hall–Kier alpha value is -1.32. The van der Waals surface area contributed by atoms with Gasteiger partial charge in [-0.1, -0.05) is 25.1 Å². The van der Waals surface area contributed by atoms with Gasteiger partial charge in [0.2, 0.25) is 0 Å². The van der Waals surface area contributed by atoms with Crippen molar-refractivity contribution >= 4 is 11.8 Å². The number of nitrogens with zero attached hydrogens (tertiary/aromatic N) is 2. The van der Waals surface area contributed by atoms with E-state index in [4.69, 9.17) is 11.0 Å². The summed E-state index contributed by atoms with van der Waals surface area (Å²) < 4.78 is 0. The van der Waals surface area contributed by atoms with Crippen LogP contribution in [0.15, 0.2) is 16.0 Å². The number of H-pyrrole nitrogens is 1. The first kappa shape index (κ1) is 13.7. The molecular weight excluding hydrogens is 236 g/mol. The van der Waals surface area contributed by atoms with Crippen molar-refractivity contribution in [1.29, 1.82) is 5.26 Å². The van der Waals surface area contributed by atoms with Crippen LogP contribution < -0.4 is 11.3 Å². The number of rotatable bonds is 6. The summed E-state index contributed by atoms with van der Waals surface area (Å²) in [4.78, 5) is 18.4. The molecular formula is C11H16N4OS. The van der Waals surface area contributed by atoms with Crippen molar-refractivity contribution in [2.45, 2.75) is 37.4 Å². The Kier molecular flexibility index (Phi) is 5.73. The molecule has 0 aromatic carbocycles. The SMILES string of the molecule is CCCc1cc(=O)[nH]c(SCCC(N)C#N)n1. The molecule has 5 nitrogen and oxygen atoms in total. The lowest BCUT2D eigenvalue weighted by molar-refractivity contribution is 0.793. The predicted molar refractivity (Wildman–Crippen MR) is 67.8 cm³/mol. The van der Waals surface area contributed by atoms with E-state index in [0.717, 1.165) is 18.5 Å². The zero-order valence-corrected chi connectivity index (χ0v) is 10.6. The van der Waals surface area contributed by atoms with Gasteiger partial charge in [-0.05, 0) is 12.8 Å². The minimum Gasteiger partial charge on any atom is -0.316 e. The fourth-order valence-electron chi connectivity index (χ4n) is 1.28. The van der Waals surface area contributed by atoms with Gasteiger partial charge in [0.05, 0.1) is 12.1 Å². The summed E-state index contributed by atoms with van der Waals surface area (Å²) >= 11 is 1.42. The number of aromatic nitrogens is 2. The van der Waals surface area contributed by atoms with Crippen molar-refractivity contribution in [2.75, 3.05) is 5.75 Å². The summed E-state index contributed by atoms with van der Waals surface area (Å²) in [5, 5.41) is 9.14. The molecule has 0 fully saturated rings. The number of thioether (sulfide) groups is 1. The molecule has 0 saturated carbocycles. The number of hydrogen-bond acceptors (Lipinski definition) is 5. The van der Waals surface area contributed by atoms with Gasteiger partial charge in [-0.2, -0.15) is 5.26 Å². The minimum atomic E-state index is -0.451. The summed E-state index contributed by atoms with van der Waals surface area (Å²) in [6, 6.07) is 3.04. The molecule has 0 amide bonds. The molecule has 0 aliphatic rings. The highest BCUT2D eigenvalue weighted by Crippen LogP contribution is 2.13. The molecule has 0 aliphatic carbocycles. The van der Waals surface area contributed by atoms with E-state index in [0.29, 0.717) is 17.3 Å². The van der Waals surface area contributed by atoms with Crippen molar-refractivity contribution < 1.29 is 0 Å². The molecule has 1 unspecified atom stereocenters. The fraction of sp³-hybridized carbons (Fsp3) is 0.545. The van der Waals surface area contributed by atoms with Gasteiger partial charge in [-0.3, -0.25) is 4.79 Å². The van der Waals surface area contributed by atoms with Crippen LogP contribution in [0, 0.1) is 11.3 Å². The molecule has 1 aromatic heterocycles. The Morgan fingerprint density at radius 3 is 3.12 bits per heavy atom. The standard InChI is InChI=1S/C11H16N4OS/c1-2-3-9-6-10(16)15-11(14-9)17-5-4-8(13)7-12/h6,8H,2-5,13H2,1H3,(H,14,15,16). The van der Waals surface area contributed by atoms with Crippen LogP contribution in [-0.2, 0) is 6.42 Å². The van der Waals surface area contributed by atoms with Crippen molar-refractivity contribution in [3.05, 3.63) is 22.1 Å².